The third kappa shape index (κ3) is 3.01. The lowest BCUT2D eigenvalue weighted by atomic mass is 10.2. The summed E-state index contributed by atoms with van der Waals surface area (Å²) in [6, 6.07) is 1.32. The van der Waals surface area contributed by atoms with Crippen LogP contribution in [0.5, 0.6) is 0 Å². The van der Waals surface area contributed by atoms with Crippen LogP contribution in [0.2, 0.25) is 5.15 Å². The van der Waals surface area contributed by atoms with Crippen molar-refractivity contribution in [1.29, 1.82) is 0 Å². The quantitative estimate of drug-likeness (QED) is 0.678. The fourth-order valence-corrected chi connectivity index (χ4v) is 1.97. The minimum atomic E-state index is -1.27. The van der Waals surface area contributed by atoms with Crippen LogP contribution in [0.4, 0.5) is 24.7 Å². The molecule has 0 atom stereocenters. The van der Waals surface area contributed by atoms with Gasteiger partial charge in [-0.05, 0) is 6.42 Å². The third-order valence-corrected chi connectivity index (χ3v) is 2.96. The summed E-state index contributed by atoms with van der Waals surface area (Å²) in [4.78, 5) is 7.77. The molecule has 0 spiro atoms. The summed E-state index contributed by atoms with van der Waals surface area (Å²) in [6.07, 6.45) is 2.51. The first-order valence-electron chi connectivity index (χ1n) is 5.93. The molecule has 0 aliphatic rings. The van der Waals surface area contributed by atoms with Crippen LogP contribution in [0.3, 0.4) is 0 Å². The molecule has 20 heavy (non-hydrogen) atoms. The Morgan fingerprint density at radius 1 is 1.20 bits per heavy atom. The number of benzene rings is 1. The maximum Gasteiger partial charge on any atom is 0.182 e. The van der Waals surface area contributed by atoms with Gasteiger partial charge >= 0.3 is 0 Å². The van der Waals surface area contributed by atoms with Crippen molar-refractivity contribution in [1.82, 2.24) is 9.97 Å². The Morgan fingerprint density at radius 2 is 1.95 bits per heavy atom. The van der Waals surface area contributed by atoms with Gasteiger partial charge < -0.3 is 5.32 Å². The van der Waals surface area contributed by atoms with Gasteiger partial charge in [0.05, 0.1) is 5.69 Å². The van der Waals surface area contributed by atoms with Gasteiger partial charge in [0.15, 0.2) is 11.6 Å². The lowest BCUT2D eigenvalue weighted by Crippen LogP contribution is -2.04. The predicted molar refractivity (Wildman–Crippen MR) is 70.6 cm³/mol. The standard InChI is InChI=1S/C13H11ClF3N3/c1-2-3-8-12(14)18-6-19-13(8)20-10-5-7(15)4-9(16)11(10)17/h4-6H,2-3H2,1H3,(H,18,19,20). The van der Waals surface area contributed by atoms with Crippen LogP contribution in [-0.4, -0.2) is 9.97 Å². The number of anilines is 2. The van der Waals surface area contributed by atoms with E-state index in [2.05, 4.69) is 15.3 Å². The zero-order chi connectivity index (χ0) is 14.7. The summed E-state index contributed by atoms with van der Waals surface area (Å²) in [6.45, 7) is 1.93. The Morgan fingerprint density at radius 3 is 2.65 bits per heavy atom. The summed E-state index contributed by atoms with van der Waals surface area (Å²) in [5, 5.41) is 2.78. The van der Waals surface area contributed by atoms with E-state index in [1.54, 1.807) is 0 Å². The van der Waals surface area contributed by atoms with Crippen LogP contribution in [-0.2, 0) is 6.42 Å². The molecule has 106 valence electrons. The van der Waals surface area contributed by atoms with Gasteiger partial charge in [0.2, 0.25) is 0 Å². The molecule has 0 saturated heterocycles. The molecule has 1 aromatic carbocycles. The Balaban J connectivity index is 2.42. The molecule has 2 aromatic rings. The predicted octanol–water partition coefficient (Wildman–Crippen LogP) is 4.24. The van der Waals surface area contributed by atoms with Crippen LogP contribution >= 0.6 is 11.6 Å². The van der Waals surface area contributed by atoms with Crippen molar-refractivity contribution in [3.8, 4) is 0 Å². The molecule has 1 heterocycles. The van der Waals surface area contributed by atoms with E-state index in [1.165, 1.54) is 6.33 Å². The number of aromatic nitrogens is 2. The summed E-state index contributed by atoms with van der Waals surface area (Å²) < 4.78 is 39.9. The summed E-state index contributed by atoms with van der Waals surface area (Å²) in [5.41, 5.74) is 0.232. The molecule has 0 unspecified atom stereocenters. The second kappa shape index (κ2) is 6.09. The van der Waals surface area contributed by atoms with Gasteiger partial charge in [0.1, 0.15) is 23.1 Å². The van der Waals surface area contributed by atoms with Gasteiger partial charge in [0, 0.05) is 17.7 Å². The first-order chi connectivity index (χ1) is 9.52. The lowest BCUT2D eigenvalue weighted by molar-refractivity contribution is 0.498. The van der Waals surface area contributed by atoms with E-state index < -0.39 is 17.5 Å². The number of halogens is 4. The van der Waals surface area contributed by atoms with Crippen LogP contribution in [0.1, 0.15) is 18.9 Å². The van der Waals surface area contributed by atoms with Crippen molar-refractivity contribution in [2.75, 3.05) is 5.32 Å². The zero-order valence-corrected chi connectivity index (χ0v) is 11.3. The molecule has 0 aliphatic heterocycles. The van der Waals surface area contributed by atoms with E-state index in [1.807, 2.05) is 6.92 Å². The zero-order valence-electron chi connectivity index (χ0n) is 10.6. The smallest absolute Gasteiger partial charge is 0.182 e. The van der Waals surface area contributed by atoms with E-state index in [0.717, 1.165) is 12.5 Å². The highest BCUT2D eigenvalue weighted by Crippen LogP contribution is 2.27. The van der Waals surface area contributed by atoms with Crippen LogP contribution in [0.25, 0.3) is 0 Å². The number of hydrogen-bond donors (Lipinski definition) is 1. The van der Waals surface area contributed by atoms with Gasteiger partial charge in [-0.15, -0.1) is 0 Å². The van der Waals surface area contributed by atoms with Gasteiger partial charge in [-0.1, -0.05) is 24.9 Å². The monoisotopic (exact) mass is 301 g/mol. The Labute approximate surface area is 118 Å². The molecule has 0 saturated carbocycles. The first-order valence-corrected chi connectivity index (χ1v) is 6.31. The maximum atomic E-state index is 13.6. The number of nitrogens with one attached hydrogen (secondary N) is 1. The Hall–Kier alpha value is -1.82. The third-order valence-electron chi connectivity index (χ3n) is 2.64. The molecule has 0 bridgehead atoms. The highest BCUT2D eigenvalue weighted by atomic mass is 35.5. The average Bonchev–Trinajstić information content (AvgIpc) is 2.39. The second-order valence-corrected chi connectivity index (χ2v) is 4.47. The summed E-state index contributed by atoms with van der Waals surface area (Å²) in [7, 11) is 0. The van der Waals surface area contributed by atoms with Crippen LogP contribution in [0.15, 0.2) is 18.5 Å². The number of rotatable bonds is 4. The van der Waals surface area contributed by atoms with Gasteiger partial charge in [-0.3, -0.25) is 0 Å². The van der Waals surface area contributed by atoms with E-state index in [9.17, 15) is 13.2 Å². The minimum Gasteiger partial charge on any atom is -0.337 e. The number of hydrogen-bond acceptors (Lipinski definition) is 3. The van der Waals surface area contributed by atoms with Crippen molar-refractivity contribution in [2.45, 2.75) is 19.8 Å². The van der Waals surface area contributed by atoms with Gasteiger partial charge in [-0.2, -0.15) is 0 Å². The van der Waals surface area contributed by atoms with Crippen LogP contribution in [0, 0.1) is 17.5 Å². The highest BCUT2D eigenvalue weighted by molar-refractivity contribution is 6.30. The van der Waals surface area contributed by atoms with Crippen molar-refractivity contribution >= 4 is 23.1 Å². The lowest BCUT2D eigenvalue weighted by Gasteiger charge is -2.12. The maximum absolute atomic E-state index is 13.6. The second-order valence-electron chi connectivity index (χ2n) is 4.12. The van der Waals surface area contributed by atoms with Crippen LogP contribution < -0.4 is 5.32 Å². The van der Waals surface area contributed by atoms with Gasteiger partial charge in [0.25, 0.3) is 0 Å². The molecule has 7 heteroatoms. The normalized spacial score (nSPS) is 10.7. The van der Waals surface area contributed by atoms with E-state index >= 15 is 0 Å². The Kier molecular flexibility index (Phi) is 4.44. The molecule has 1 N–H and O–H groups in total. The first kappa shape index (κ1) is 14.6. The molecule has 3 nitrogen and oxygen atoms in total. The summed E-state index contributed by atoms with van der Waals surface area (Å²) in [5.74, 6) is -3.10. The molecule has 0 fully saturated rings. The van der Waals surface area contributed by atoms with Crippen molar-refractivity contribution in [2.24, 2.45) is 0 Å². The molecule has 1 aromatic heterocycles. The number of nitrogens with zero attached hydrogens (tertiary/aromatic N) is 2. The van der Waals surface area contributed by atoms with E-state index in [-0.39, 0.29) is 16.7 Å². The molecule has 0 aliphatic carbocycles. The SMILES string of the molecule is CCCc1c(Cl)ncnc1Nc1cc(F)cc(F)c1F. The van der Waals surface area contributed by atoms with Crippen molar-refractivity contribution < 1.29 is 13.2 Å². The Bertz CT molecular complexity index is 634. The topological polar surface area (TPSA) is 37.8 Å². The fourth-order valence-electron chi connectivity index (χ4n) is 1.74. The largest absolute Gasteiger partial charge is 0.337 e. The fraction of sp³-hybridized carbons (Fsp3) is 0.231. The minimum absolute atomic E-state index is 0.224. The average molecular weight is 302 g/mol. The van der Waals surface area contributed by atoms with Crippen molar-refractivity contribution in [3.63, 3.8) is 0 Å². The molecular formula is C13H11ClF3N3. The summed E-state index contributed by atoms with van der Waals surface area (Å²) >= 11 is 5.94. The molecule has 0 amide bonds. The molecule has 2 rings (SSSR count). The van der Waals surface area contributed by atoms with E-state index in [4.69, 9.17) is 11.6 Å². The highest BCUT2D eigenvalue weighted by Gasteiger charge is 2.15. The molecular weight excluding hydrogens is 291 g/mol. The van der Waals surface area contributed by atoms with E-state index in [0.29, 0.717) is 18.1 Å². The van der Waals surface area contributed by atoms with Gasteiger partial charge in [-0.25, -0.2) is 23.1 Å². The van der Waals surface area contributed by atoms with Crippen molar-refractivity contribution in [3.05, 3.63) is 46.6 Å². The molecule has 0 radical (unpaired) electrons.